The maximum absolute atomic E-state index is 12.3. The van der Waals surface area contributed by atoms with Gasteiger partial charge in [0, 0.05) is 6.61 Å². The van der Waals surface area contributed by atoms with Gasteiger partial charge in [0.25, 0.3) is 10.1 Å². The molecule has 0 radical (unpaired) electrons. The van der Waals surface area contributed by atoms with Gasteiger partial charge in [-0.1, -0.05) is 42.7 Å². The Hall–Kier alpha value is -1.29. The van der Waals surface area contributed by atoms with Gasteiger partial charge in [-0.05, 0) is 65.0 Å². The van der Waals surface area contributed by atoms with E-state index in [0.717, 1.165) is 50.7 Å². The maximum Gasteiger partial charge on any atom is 0.296 e. The van der Waals surface area contributed by atoms with Gasteiger partial charge in [0.2, 0.25) is 0 Å². The fourth-order valence-electron chi connectivity index (χ4n) is 3.85. The summed E-state index contributed by atoms with van der Waals surface area (Å²) in [5, 5.41) is 0. The minimum Gasteiger partial charge on any atom is -0.353 e. The number of ether oxygens (including phenoxy) is 4. The van der Waals surface area contributed by atoms with Crippen molar-refractivity contribution >= 4 is 10.1 Å². The quantitative estimate of drug-likeness (QED) is 0.239. The SMILES string of the molecule is Cc1ccc(S(=O)(=O)OCCCCCC(/C=C/[C@H]2COC(C)(C)O2)OC2CCCCO2)cc1. The first-order valence-corrected chi connectivity index (χ1v) is 13.4. The number of hydrogen-bond acceptors (Lipinski definition) is 7. The van der Waals surface area contributed by atoms with Crippen LogP contribution in [0, 0.1) is 6.92 Å². The third-order valence-corrected chi connectivity index (χ3v) is 7.04. The highest BCUT2D eigenvalue weighted by Crippen LogP contribution is 2.24. The van der Waals surface area contributed by atoms with E-state index in [2.05, 4.69) is 0 Å². The highest BCUT2D eigenvalue weighted by Gasteiger charge is 2.31. The minimum absolute atomic E-state index is 0.0845. The zero-order chi connectivity index (χ0) is 23.7. The first-order chi connectivity index (χ1) is 15.7. The Morgan fingerprint density at radius 1 is 1.15 bits per heavy atom. The van der Waals surface area contributed by atoms with E-state index in [9.17, 15) is 8.42 Å². The van der Waals surface area contributed by atoms with Crippen LogP contribution in [0.15, 0.2) is 41.3 Å². The zero-order valence-corrected chi connectivity index (χ0v) is 20.8. The van der Waals surface area contributed by atoms with Gasteiger partial charge in [-0.2, -0.15) is 8.42 Å². The van der Waals surface area contributed by atoms with Crippen LogP contribution >= 0.6 is 0 Å². The van der Waals surface area contributed by atoms with Crippen molar-refractivity contribution < 1.29 is 31.5 Å². The summed E-state index contributed by atoms with van der Waals surface area (Å²) in [5.74, 6) is -0.559. The lowest BCUT2D eigenvalue weighted by atomic mass is 10.1. The van der Waals surface area contributed by atoms with Crippen molar-refractivity contribution in [3.8, 4) is 0 Å². The van der Waals surface area contributed by atoms with Crippen molar-refractivity contribution in [1.29, 1.82) is 0 Å². The second kappa shape index (κ2) is 12.4. The third-order valence-electron chi connectivity index (χ3n) is 5.72. The molecule has 2 aliphatic heterocycles. The summed E-state index contributed by atoms with van der Waals surface area (Å²) < 4.78 is 53.2. The largest absolute Gasteiger partial charge is 0.353 e. The summed E-state index contributed by atoms with van der Waals surface area (Å²) in [6, 6.07) is 6.69. The van der Waals surface area contributed by atoms with Gasteiger partial charge in [-0.15, -0.1) is 0 Å². The maximum atomic E-state index is 12.3. The number of aryl methyl sites for hydroxylation is 1. The van der Waals surface area contributed by atoms with Gasteiger partial charge in [-0.3, -0.25) is 4.18 Å². The molecule has 33 heavy (non-hydrogen) atoms. The molecular weight excluding hydrogens is 444 g/mol. The van der Waals surface area contributed by atoms with Crippen molar-refractivity contribution in [1.82, 2.24) is 0 Å². The van der Waals surface area contributed by atoms with Crippen LogP contribution in [0.25, 0.3) is 0 Å². The Morgan fingerprint density at radius 2 is 1.94 bits per heavy atom. The van der Waals surface area contributed by atoms with Crippen molar-refractivity contribution in [2.45, 2.75) is 94.9 Å². The van der Waals surface area contributed by atoms with Crippen molar-refractivity contribution in [3.05, 3.63) is 42.0 Å². The van der Waals surface area contributed by atoms with E-state index in [1.54, 1.807) is 24.3 Å². The average Bonchev–Trinajstić information content (AvgIpc) is 3.14. The van der Waals surface area contributed by atoms with Crippen LogP contribution in [0.1, 0.15) is 64.4 Å². The smallest absolute Gasteiger partial charge is 0.296 e. The van der Waals surface area contributed by atoms with Crippen LogP contribution in [0.3, 0.4) is 0 Å². The first kappa shape index (κ1) is 26.3. The number of hydrogen-bond donors (Lipinski definition) is 0. The Balaban J connectivity index is 1.42. The van der Waals surface area contributed by atoms with Crippen molar-refractivity contribution in [2.75, 3.05) is 19.8 Å². The monoisotopic (exact) mass is 482 g/mol. The number of rotatable bonds is 12. The Bertz CT molecular complexity index is 842. The van der Waals surface area contributed by atoms with Crippen LogP contribution in [0.5, 0.6) is 0 Å². The molecule has 2 unspecified atom stereocenters. The first-order valence-electron chi connectivity index (χ1n) is 12.0. The number of unbranched alkanes of at least 4 members (excludes halogenated alkanes) is 2. The standard InChI is InChI=1S/C25H38O7S/c1-20-11-15-23(16-12-20)33(26,27)30-18-7-4-5-9-21(31-24-10-6-8-17-28-24)13-14-22-19-29-25(2,3)32-22/h11-16,21-22,24H,4-10,17-19H2,1-3H3/b14-13+/t21?,22-,24?/m0/s1. The minimum atomic E-state index is -3.71. The topological polar surface area (TPSA) is 80.3 Å². The molecule has 8 heteroatoms. The molecule has 3 atom stereocenters. The van der Waals surface area contributed by atoms with Crippen LogP contribution in [-0.4, -0.2) is 52.5 Å². The van der Waals surface area contributed by atoms with E-state index in [-0.39, 0.29) is 30.0 Å². The van der Waals surface area contributed by atoms with E-state index in [1.165, 1.54) is 0 Å². The third kappa shape index (κ3) is 9.11. The Kier molecular flexibility index (Phi) is 9.91. The lowest BCUT2D eigenvalue weighted by Crippen LogP contribution is -2.27. The molecule has 0 bridgehead atoms. The highest BCUT2D eigenvalue weighted by molar-refractivity contribution is 7.86. The van der Waals surface area contributed by atoms with Crippen LogP contribution < -0.4 is 0 Å². The van der Waals surface area contributed by atoms with E-state index >= 15 is 0 Å². The molecule has 0 spiro atoms. The molecule has 0 saturated carbocycles. The van der Waals surface area contributed by atoms with Gasteiger partial charge < -0.3 is 18.9 Å². The van der Waals surface area contributed by atoms with E-state index in [1.807, 2.05) is 32.9 Å². The molecule has 2 saturated heterocycles. The fraction of sp³-hybridized carbons (Fsp3) is 0.680. The molecule has 1 aromatic carbocycles. The van der Waals surface area contributed by atoms with E-state index < -0.39 is 15.9 Å². The van der Waals surface area contributed by atoms with Crippen LogP contribution in [0.2, 0.25) is 0 Å². The van der Waals surface area contributed by atoms with Gasteiger partial charge in [0.1, 0.15) is 6.10 Å². The van der Waals surface area contributed by atoms with Crippen molar-refractivity contribution in [2.24, 2.45) is 0 Å². The zero-order valence-electron chi connectivity index (χ0n) is 20.0. The molecule has 0 amide bonds. The number of benzene rings is 1. The predicted molar refractivity (Wildman–Crippen MR) is 125 cm³/mol. The second-order valence-electron chi connectivity index (χ2n) is 9.16. The molecular formula is C25H38O7S. The lowest BCUT2D eigenvalue weighted by molar-refractivity contribution is -0.179. The molecule has 2 heterocycles. The molecule has 0 aliphatic carbocycles. The fourth-order valence-corrected chi connectivity index (χ4v) is 4.79. The summed E-state index contributed by atoms with van der Waals surface area (Å²) in [4.78, 5) is 0.195. The molecule has 3 rings (SSSR count). The Labute approximate surface area is 198 Å². The molecule has 1 aromatic rings. The summed E-state index contributed by atoms with van der Waals surface area (Å²) in [6.07, 6.45) is 10.0. The molecule has 0 N–H and O–H groups in total. The van der Waals surface area contributed by atoms with Gasteiger partial charge in [0.15, 0.2) is 12.1 Å². The highest BCUT2D eigenvalue weighted by atomic mass is 32.2. The normalized spacial score (nSPS) is 24.3. The van der Waals surface area contributed by atoms with Crippen LogP contribution in [0.4, 0.5) is 0 Å². The molecule has 186 valence electrons. The molecule has 7 nitrogen and oxygen atoms in total. The second-order valence-corrected chi connectivity index (χ2v) is 10.8. The molecule has 2 fully saturated rings. The summed E-state index contributed by atoms with van der Waals surface area (Å²) in [7, 11) is -3.71. The summed E-state index contributed by atoms with van der Waals surface area (Å²) in [5.41, 5.74) is 1.01. The van der Waals surface area contributed by atoms with Gasteiger partial charge in [-0.25, -0.2) is 0 Å². The molecule has 0 aromatic heterocycles. The van der Waals surface area contributed by atoms with Gasteiger partial charge >= 0.3 is 0 Å². The Morgan fingerprint density at radius 3 is 2.61 bits per heavy atom. The van der Waals surface area contributed by atoms with Crippen molar-refractivity contribution in [3.63, 3.8) is 0 Å². The molecule has 2 aliphatic rings. The van der Waals surface area contributed by atoms with E-state index in [0.29, 0.717) is 13.0 Å². The van der Waals surface area contributed by atoms with Gasteiger partial charge in [0.05, 0.1) is 24.2 Å². The summed E-state index contributed by atoms with van der Waals surface area (Å²) >= 11 is 0. The van der Waals surface area contributed by atoms with E-state index in [4.69, 9.17) is 23.1 Å². The van der Waals surface area contributed by atoms with Crippen LogP contribution in [-0.2, 0) is 33.2 Å². The summed E-state index contributed by atoms with van der Waals surface area (Å²) in [6.45, 7) is 7.17. The lowest BCUT2D eigenvalue weighted by Gasteiger charge is -2.26. The average molecular weight is 483 g/mol. The predicted octanol–water partition coefficient (Wildman–Crippen LogP) is 4.88.